The van der Waals surface area contributed by atoms with Crippen LogP contribution in [0, 0.1) is 10.8 Å². The normalized spacial score (nSPS) is 19.3. The molecule has 2 aliphatic heterocycles. The first-order valence-electron chi connectivity index (χ1n) is 14.3. The second kappa shape index (κ2) is 10.9. The molecule has 3 aromatic rings. The summed E-state index contributed by atoms with van der Waals surface area (Å²) in [6, 6.07) is 18.3. The first-order chi connectivity index (χ1) is 19.0. The van der Waals surface area contributed by atoms with Crippen LogP contribution in [0.1, 0.15) is 56.0 Å². The van der Waals surface area contributed by atoms with E-state index in [-0.39, 0.29) is 0 Å². The lowest BCUT2D eigenvalue weighted by Gasteiger charge is -2.58. The van der Waals surface area contributed by atoms with E-state index in [1.54, 1.807) is 0 Å². The van der Waals surface area contributed by atoms with Gasteiger partial charge in [0.2, 0.25) is 0 Å². The number of hydrogen-bond donors (Lipinski definition) is 4. The molecule has 0 radical (unpaired) electrons. The average Bonchev–Trinajstić information content (AvgIpc) is 2.89. The van der Waals surface area contributed by atoms with E-state index in [9.17, 15) is 0 Å². The van der Waals surface area contributed by atoms with Crippen molar-refractivity contribution in [1.29, 1.82) is 5.41 Å². The molecule has 8 nitrogen and oxygen atoms in total. The summed E-state index contributed by atoms with van der Waals surface area (Å²) in [5.41, 5.74) is 8.64. The quantitative estimate of drug-likeness (QED) is 0.296. The number of aromatic nitrogens is 2. The van der Waals surface area contributed by atoms with Crippen molar-refractivity contribution in [1.82, 2.24) is 20.2 Å². The van der Waals surface area contributed by atoms with Crippen LogP contribution in [-0.4, -0.2) is 58.8 Å². The van der Waals surface area contributed by atoms with E-state index >= 15 is 0 Å². The molecule has 6 rings (SSSR count). The predicted octanol–water partition coefficient (Wildman–Crippen LogP) is 4.85. The lowest BCUT2D eigenvalue weighted by molar-refractivity contribution is -0.0676. The largest absolute Gasteiger partial charge is 0.457 e. The number of nitrogen functional groups attached to an aromatic ring is 1. The van der Waals surface area contributed by atoms with Crippen molar-refractivity contribution in [2.75, 3.05) is 37.2 Å². The predicted molar refractivity (Wildman–Crippen MR) is 156 cm³/mol. The highest BCUT2D eigenvalue weighted by atomic mass is 16.5. The Bertz CT molecular complexity index is 1290. The van der Waals surface area contributed by atoms with E-state index in [1.807, 2.05) is 54.6 Å². The van der Waals surface area contributed by atoms with Gasteiger partial charge in [0, 0.05) is 50.2 Å². The van der Waals surface area contributed by atoms with Crippen LogP contribution >= 0.6 is 0 Å². The van der Waals surface area contributed by atoms with Gasteiger partial charge in [-0.25, -0.2) is 9.97 Å². The molecule has 3 fully saturated rings. The second-order valence-electron chi connectivity index (χ2n) is 11.4. The van der Waals surface area contributed by atoms with Gasteiger partial charge in [-0.2, -0.15) is 0 Å². The fraction of sp³-hybridized carbons (Fsp3) is 0.452. The van der Waals surface area contributed by atoms with Crippen LogP contribution in [0.3, 0.4) is 0 Å². The maximum Gasteiger partial charge on any atom is 0.141 e. The topological polar surface area (TPSA) is 112 Å². The van der Waals surface area contributed by atoms with Gasteiger partial charge in [-0.15, -0.1) is 0 Å². The highest BCUT2D eigenvalue weighted by molar-refractivity contribution is 6.16. The van der Waals surface area contributed by atoms with E-state index in [4.69, 9.17) is 20.9 Å². The fourth-order valence-electron chi connectivity index (χ4n) is 6.16. The van der Waals surface area contributed by atoms with Crippen LogP contribution < -0.4 is 21.1 Å². The number of rotatable bonds is 9. The molecule has 3 aliphatic rings. The Kier molecular flexibility index (Phi) is 7.23. The van der Waals surface area contributed by atoms with Gasteiger partial charge in [0.1, 0.15) is 29.0 Å². The van der Waals surface area contributed by atoms with E-state index in [1.165, 1.54) is 25.9 Å². The number of benzene rings is 2. The molecule has 0 atom stereocenters. The number of aryl methyl sites for hydroxylation is 1. The van der Waals surface area contributed by atoms with Crippen LogP contribution in [0.25, 0.3) is 0 Å². The molecule has 8 heteroatoms. The number of nitrogens with one attached hydrogen (secondary N) is 3. The molecule has 204 valence electrons. The van der Waals surface area contributed by atoms with E-state index in [0.29, 0.717) is 34.4 Å². The molecule has 1 spiro atoms. The molecule has 0 unspecified atom stereocenters. The van der Waals surface area contributed by atoms with Gasteiger partial charge in [0.25, 0.3) is 0 Å². The first-order valence-corrected chi connectivity index (χ1v) is 14.3. The van der Waals surface area contributed by atoms with Gasteiger partial charge in [0.15, 0.2) is 0 Å². The maximum absolute atomic E-state index is 9.07. The number of anilines is 2. The van der Waals surface area contributed by atoms with Crippen LogP contribution in [0.5, 0.6) is 11.5 Å². The van der Waals surface area contributed by atoms with Crippen LogP contribution in [0.15, 0.2) is 54.6 Å². The van der Waals surface area contributed by atoms with Gasteiger partial charge in [-0.05, 0) is 73.9 Å². The minimum absolute atomic E-state index is 0.320. The lowest BCUT2D eigenvalue weighted by Crippen LogP contribution is -2.68. The summed E-state index contributed by atoms with van der Waals surface area (Å²) >= 11 is 0. The smallest absolute Gasteiger partial charge is 0.141 e. The van der Waals surface area contributed by atoms with Crippen molar-refractivity contribution in [2.45, 2.75) is 57.5 Å². The van der Waals surface area contributed by atoms with Crippen LogP contribution in [0.2, 0.25) is 0 Å². The molecule has 1 saturated carbocycles. The summed E-state index contributed by atoms with van der Waals surface area (Å²) in [7, 11) is 0. The summed E-state index contributed by atoms with van der Waals surface area (Å²) in [6.45, 7) is 6.89. The third-order valence-electron chi connectivity index (χ3n) is 8.57. The van der Waals surface area contributed by atoms with Gasteiger partial charge >= 0.3 is 0 Å². The Morgan fingerprint density at radius 3 is 2.38 bits per heavy atom. The van der Waals surface area contributed by atoms with Crippen molar-refractivity contribution >= 4 is 17.3 Å². The van der Waals surface area contributed by atoms with Gasteiger partial charge in [-0.3, -0.25) is 10.3 Å². The lowest BCUT2D eigenvalue weighted by atomic mass is 9.66. The second-order valence-corrected chi connectivity index (χ2v) is 11.4. The number of likely N-dealkylation sites (tertiary alicyclic amines) is 1. The van der Waals surface area contributed by atoms with Crippen molar-refractivity contribution in [3.05, 3.63) is 71.5 Å². The highest BCUT2D eigenvalue weighted by Crippen LogP contribution is 2.45. The molecule has 2 saturated heterocycles. The Morgan fingerprint density at radius 1 is 1.05 bits per heavy atom. The van der Waals surface area contributed by atoms with Gasteiger partial charge in [-0.1, -0.05) is 25.1 Å². The summed E-state index contributed by atoms with van der Waals surface area (Å²) < 4.78 is 5.93. The van der Waals surface area contributed by atoms with Crippen molar-refractivity contribution in [3.8, 4) is 11.5 Å². The fourth-order valence-corrected chi connectivity index (χ4v) is 6.16. The molecule has 0 amide bonds. The Labute approximate surface area is 230 Å². The average molecular weight is 526 g/mol. The molecular weight excluding hydrogens is 486 g/mol. The Morgan fingerprint density at radius 2 is 1.74 bits per heavy atom. The number of ether oxygens (including phenoxy) is 1. The zero-order valence-electron chi connectivity index (χ0n) is 22.7. The minimum atomic E-state index is 0.320. The third-order valence-corrected chi connectivity index (χ3v) is 8.57. The monoisotopic (exact) mass is 525 g/mol. The molecule has 1 aromatic heterocycles. The molecule has 2 aromatic carbocycles. The standard InChI is InChI=1S/C31H39N7O/c1-2-6-26-36-29(33)27(28(32)21-9-11-25(12-10-21)39-24-7-4-3-5-8-24)30(37-26)35-22-13-15-31(16-14-22)19-38(20-31)23-17-34-18-23/h3-5,7-12,22-23,32,34H,2,6,13-20H2,1H3,(H3,33,35,36,37). The first kappa shape index (κ1) is 25.8. The van der Waals surface area contributed by atoms with E-state index in [2.05, 4.69) is 27.4 Å². The van der Waals surface area contributed by atoms with Crippen LogP contribution in [0.4, 0.5) is 11.6 Å². The van der Waals surface area contributed by atoms with Crippen LogP contribution in [-0.2, 0) is 6.42 Å². The highest BCUT2D eigenvalue weighted by Gasteiger charge is 2.48. The summed E-state index contributed by atoms with van der Waals surface area (Å²) in [5, 5.41) is 16.2. The molecule has 1 aliphatic carbocycles. The third kappa shape index (κ3) is 5.49. The van der Waals surface area contributed by atoms with Crippen molar-refractivity contribution < 1.29 is 4.74 Å². The molecule has 3 heterocycles. The number of nitrogens with zero attached hydrogens (tertiary/aromatic N) is 3. The van der Waals surface area contributed by atoms with E-state index in [0.717, 1.165) is 67.7 Å². The summed E-state index contributed by atoms with van der Waals surface area (Å²) in [6.07, 6.45) is 6.40. The zero-order valence-corrected chi connectivity index (χ0v) is 22.7. The Hall–Kier alpha value is -3.49. The van der Waals surface area contributed by atoms with Crippen molar-refractivity contribution in [2.24, 2.45) is 5.41 Å². The van der Waals surface area contributed by atoms with E-state index < -0.39 is 0 Å². The Balaban J connectivity index is 1.16. The number of nitrogens with two attached hydrogens (primary N) is 1. The molecule has 5 N–H and O–H groups in total. The molecule has 0 bridgehead atoms. The SMILES string of the molecule is CCCc1nc(N)c(C(=N)c2ccc(Oc3ccccc3)cc2)c(NC2CCC3(CC2)CN(C2CNC2)C3)n1. The van der Waals surface area contributed by atoms with Gasteiger partial charge in [0.05, 0.1) is 11.3 Å². The molecular formula is C31H39N7O. The number of hydrogen-bond acceptors (Lipinski definition) is 8. The summed E-state index contributed by atoms with van der Waals surface area (Å²) in [4.78, 5) is 12.1. The van der Waals surface area contributed by atoms with Crippen molar-refractivity contribution in [3.63, 3.8) is 0 Å². The van der Waals surface area contributed by atoms with Gasteiger partial charge < -0.3 is 21.1 Å². The summed E-state index contributed by atoms with van der Waals surface area (Å²) in [5.74, 6) is 3.29. The number of para-hydroxylation sites is 1. The minimum Gasteiger partial charge on any atom is -0.457 e. The maximum atomic E-state index is 9.07. The molecule has 39 heavy (non-hydrogen) atoms. The zero-order chi connectivity index (χ0) is 26.8.